The van der Waals surface area contributed by atoms with Crippen LogP contribution in [0.2, 0.25) is 0 Å². The lowest BCUT2D eigenvalue weighted by molar-refractivity contribution is -0.142. The van der Waals surface area contributed by atoms with Crippen molar-refractivity contribution in [1.82, 2.24) is 4.90 Å². The molecule has 1 saturated heterocycles. The Kier molecular flexibility index (Phi) is 5.43. The molecule has 4 nitrogen and oxygen atoms in total. The Morgan fingerprint density at radius 1 is 1.21 bits per heavy atom. The summed E-state index contributed by atoms with van der Waals surface area (Å²) in [5.41, 5.74) is 1.16. The molecule has 1 amide bonds. The predicted molar refractivity (Wildman–Crippen MR) is 88.4 cm³/mol. The van der Waals surface area contributed by atoms with Gasteiger partial charge in [0.05, 0.1) is 19.3 Å². The minimum Gasteiger partial charge on any atom is -0.484 e. The fourth-order valence-corrected chi connectivity index (χ4v) is 2.82. The molecule has 2 aromatic carbocycles. The van der Waals surface area contributed by atoms with E-state index in [1.54, 1.807) is 17.0 Å². The third kappa shape index (κ3) is 4.32. The first-order valence-electron chi connectivity index (χ1n) is 8.02. The number of nitrogens with zero attached hydrogens (tertiary/aromatic N) is 1. The van der Waals surface area contributed by atoms with Gasteiger partial charge in [-0.25, -0.2) is 4.39 Å². The van der Waals surface area contributed by atoms with E-state index in [0.29, 0.717) is 25.5 Å². The Morgan fingerprint density at radius 3 is 2.83 bits per heavy atom. The third-order valence-corrected chi connectivity index (χ3v) is 4.02. The van der Waals surface area contributed by atoms with E-state index in [2.05, 4.69) is 0 Å². The van der Waals surface area contributed by atoms with Gasteiger partial charge in [-0.05, 0) is 24.1 Å². The molecule has 2 aromatic rings. The average Bonchev–Trinajstić information content (AvgIpc) is 2.61. The van der Waals surface area contributed by atoms with Crippen LogP contribution in [0.25, 0.3) is 0 Å². The van der Waals surface area contributed by atoms with Gasteiger partial charge in [-0.3, -0.25) is 4.79 Å². The van der Waals surface area contributed by atoms with E-state index in [4.69, 9.17) is 9.47 Å². The van der Waals surface area contributed by atoms with Crippen molar-refractivity contribution in [2.24, 2.45) is 0 Å². The summed E-state index contributed by atoms with van der Waals surface area (Å²) in [6.45, 7) is 1.48. The molecular weight excluding hydrogens is 309 g/mol. The van der Waals surface area contributed by atoms with Crippen LogP contribution in [0.5, 0.6) is 5.75 Å². The van der Waals surface area contributed by atoms with Crippen molar-refractivity contribution in [2.45, 2.75) is 12.5 Å². The monoisotopic (exact) mass is 329 g/mol. The maximum Gasteiger partial charge on any atom is 0.260 e. The van der Waals surface area contributed by atoms with Crippen LogP contribution < -0.4 is 4.74 Å². The van der Waals surface area contributed by atoms with Crippen molar-refractivity contribution in [3.8, 4) is 5.75 Å². The minimum atomic E-state index is -0.381. The second-order valence-corrected chi connectivity index (χ2v) is 5.75. The topological polar surface area (TPSA) is 38.8 Å². The molecule has 1 unspecified atom stereocenters. The number of carbonyl (C=O) groups is 1. The lowest BCUT2D eigenvalue weighted by atomic mass is 10.0. The fourth-order valence-electron chi connectivity index (χ4n) is 2.82. The van der Waals surface area contributed by atoms with Gasteiger partial charge in [0.15, 0.2) is 6.61 Å². The van der Waals surface area contributed by atoms with Crippen molar-refractivity contribution in [3.05, 3.63) is 66.0 Å². The van der Waals surface area contributed by atoms with Crippen LogP contribution in [0.1, 0.15) is 5.56 Å². The molecule has 1 aliphatic rings. The summed E-state index contributed by atoms with van der Waals surface area (Å²) in [6, 6.07) is 15.8. The van der Waals surface area contributed by atoms with Crippen LogP contribution in [0.3, 0.4) is 0 Å². The summed E-state index contributed by atoms with van der Waals surface area (Å²) in [5.74, 6) is -0.131. The zero-order valence-electron chi connectivity index (χ0n) is 13.4. The first kappa shape index (κ1) is 16.5. The number of ether oxygens (including phenoxy) is 2. The lowest BCUT2D eigenvalue weighted by Gasteiger charge is -2.35. The van der Waals surface area contributed by atoms with Crippen LogP contribution in [0, 0.1) is 5.82 Å². The summed E-state index contributed by atoms with van der Waals surface area (Å²) in [6.07, 6.45) is 0.743. The normalized spacial score (nSPS) is 17.5. The van der Waals surface area contributed by atoms with E-state index in [-0.39, 0.29) is 24.4 Å². The third-order valence-electron chi connectivity index (χ3n) is 4.02. The molecule has 0 aromatic heterocycles. The smallest absolute Gasteiger partial charge is 0.260 e. The summed E-state index contributed by atoms with van der Waals surface area (Å²) in [4.78, 5) is 14.3. The standard InChI is InChI=1S/C19H20FNO3/c20-16-7-4-8-18(12-16)24-14-19(22)21-9-10-23-13-17(21)11-15-5-2-1-3-6-15/h1-8,12,17H,9-11,13-14H2. The molecule has 0 bridgehead atoms. The number of halogens is 1. The van der Waals surface area contributed by atoms with Crippen LogP contribution in [0.15, 0.2) is 54.6 Å². The molecule has 0 saturated carbocycles. The highest BCUT2D eigenvalue weighted by Gasteiger charge is 2.27. The van der Waals surface area contributed by atoms with Gasteiger partial charge in [-0.1, -0.05) is 36.4 Å². The van der Waals surface area contributed by atoms with Gasteiger partial charge in [0.1, 0.15) is 11.6 Å². The molecule has 5 heteroatoms. The maximum atomic E-state index is 13.2. The first-order chi connectivity index (χ1) is 11.7. The quantitative estimate of drug-likeness (QED) is 0.846. The van der Waals surface area contributed by atoms with Gasteiger partial charge in [0.2, 0.25) is 0 Å². The summed E-state index contributed by atoms with van der Waals surface area (Å²) in [7, 11) is 0. The van der Waals surface area contributed by atoms with Crippen LogP contribution in [0.4, 0.5) is 4.39 Å². The molecule has 1 fully saturated rings. The Bertz CT molecular complexity index is 677. The van der Waals surface area contributed by atoms with E-state index < -0.39 is 0 Å². The second kappa shape index (κ2) is 7.93. The van der Waals surface area contributed by atoms with Gasteiger partial charge in [0, 0.05) is 12.6 Å². The number of hydrogen-bond acceptors (Lipinski definition) is 3. The van der Waals surface area contributed by atoms with Crippen LogP contribution in [-0.4, -0.2) is 43.2 Å². The molecular formula is C19H20FNO3. The lowest BCUT2D eigenvalue weighted by Crippen LogP contribution is -2.51. The number of carbonyl (C=O) groups excluding carboxylic acids is 1. The highest BCUT2D eigenvalue weighted by Crippen LogP contribution is 2.15. The van der Waals surface area contributed by atoms with Gasteiger partial charge < -0.3 is 14.4 Å². The molecule has 1 atom stereocenters. The maximum absolute atomic E-state index is 13.2. The van der Waals surface area contributed by atoms with E-state index in [1.807, 2.05) is 30.3 Å². The van der Waals surface area contributed by atoms with Crippen LogP contribution in [-0.2, 0) is 16.0 Å². The SMILES string of the molecule is O=C(COc1cccc(F)c1)N1CCOCC1Cc1ccccc1. The van der Waals surface area contributed by atoms with Gasteiger partial charge in [-0.15, -0.1) is 0 Å². The Balaban J connectivity index is 1.60. The zero-order valence-corrected chi connectivity index (χ0v) is 13.4. The molecule has 0 N–H and O–H groups in total. The fraction of sp³-hybridized carbons (Fsp3) is 0.316. The van der Waals surface area contributed by atoms with Crippen molar-refractivity contribution < 1.29 is 18.7 Å². The second-order valence-electron chi connectivity index (χ2n) is 5.75. The van der Waals surface area contributed by atoms with Crippen molar-refractivity contribution in [2.75, 3.05) is 26.4 Å². The Hall–Kier alpha value is -2.40. The van der Waals surface area contributed by atoms with E-state index in [1.165, 1.54) is 12.1 Å². The highest BCUT2D eigenvalue weighted by molar-refractivity contribution is 5.78. The van der Waals surface area contributed by atoms with Crippen molar-refractivity contribution >= 4 is 5.91 Å². The van der Waals surface area contributed by atoms with Gasteiger partial charge >= 0.3 is 0 Å². The number of amides is 1. The first-order valence-corrected chi connectivity index (χ1v) is 8.02. The summed E-state index contributed by atoms with van der Waals surface area (Å²) < 4.78 is 24.1. The number of morpholine rings is 1. The summed E-state index contributed by atoms with van der Waals surface area (Å²) >= 11 is 0. The average molecular weight is 329 g/mol. The van der Waals surface area contributed by atoms with E-state index in [9.17, 15) is 9.18 Å². The number of rotatable bonds is 5. The Labute approximate surface area is 140 Å². The minimum absolute atomic E-state index is 0.00948. The zero-order chi connectivity index (χ0) is 16.8. The molecule has 1 aliphatic heterocycles. The van der Waals surface area contributed by atoms with Crippen LogP contribution >= 0.6 is 0 Å². The van der Waals surface area contributed by atoms with Crippen molar-refractivity contribution in [3.63, 3.8) is 0 Å². The Morgan fingerprint density at radius 2 is 2.04 bits per heavy atom. The number of hydrogen-bond donors (Lipinski definition) is 0. The molecule has 1 heterocycles. The molecule has 0 radical (unpaired) electrons. The molecule has 126 valence electrons. The van der Waals surface area contributed by atoms with E-state index >= 15 is 0 Å². The molecule has 0 spiro atoms. The highest BCUT2D eigenvalue weighted by atomic mass is 19.1. The van der Waals surface area contributed by atoms with Crippen molar-refractivity contribution in [1.29, 1.82) is 0 Å². The predicted octanol–water partition coefficient (Wildman–Crippen LogP) is 2.67. The van der Waals surface area contributed by atoms with Gasteiger partial charge in [0.25, 0.3) is 5.91 Å². The largest absolute Gasteiger partial charge is 0.484 e. The summed E-state index contributed by atoms with van der Waals surface area (Å²) in [5, 5.41) is 0. The van der Waals surface area contributed by atoms with E-state index in [0.717, 1.165) is 12.0 Å². The number of benzene rings is 2. The molecule has 24 heavy (non-hydrogen) atoms. The molecule has 0 aliphatic carbocycles. The van der Waals surface area contributed by atoms with Gasteiger partial charge in [-0.2, -0.15) is 0 Å². The molecule has 3 rings (SSSR count).